The number of benzene rings is 3. The SMILES string of the molecule is NCCCC(N)CNC(=O)c1nc2ccc(-c3ccc(F)cc3)cc2n1Cc1cc([N+](=O)[O-])ccc1F.O=C(O)C(F)(F)F. The Balaban J connectivity index is 0.000000676. The van der Waals surface area contributed by atoms with Crippen molar-refractivity contribution in [2.75, 3.05) is 13.1 Å². The van der Waals surface area contributed by atoms with E-state index in [9.17, 15) is 36.9 Å². The summed E-state index contributed by atoms with van der Waals surface area (Å²) in [4.78, 5) is 37.1. The van der Waals surface area contributed by atoms with Gasteiger partial charge in [-0.3, -0.25) is 14.9 Å². The second kappa shape index (κ2) is 14.5. The maximum atomic E-state index is 14.7. The third-order valence-corrected chi connectivity index (χ3v) is 6.24. The van der Waals surface area contributed by atoms with Crippen molar-refractivity contribution >= 4 is 28.6 Å². The lowest BCUT2D eigenvalue weighted by Crippen LogP contribution is -2.38. The van der Waals surface area contributed by atoms with Gasteiger partial charge >= 0.3 is 12.1 Å². The Hall–Kier alpha value is -4.96. The maximum absolute atomic E-state index is 14.7. The van der Waals surface area contributed by atoms with E-state index in [2.05, 4.69) is 10.3 Å². The molecule has 0 spiro atoms. The Kier molecular flexibility index (Phi) is 11.0. The van der Waals surface area contributed by atoms with Crippen molar-refractivity contribution in [1.82, 2.24) is 14.9 Å². The van der Waals surface area contributed by atoms with Crippen LogP contribution in [-0.4, -0.2) is 56.8 Å². The molecule has 1 unspecified atom stereocenters. The number of halogens is 5. The number of carbonyl (C=O) groups excluding carboxylic acids is 1. The number of nitrogens with one attached hydrogen (secondary N) is 1. The molecule has 0 aliphatic heterocycles. The van der Waals surface area contributed by atoms with Gasteiger partial charge in [0.2, 0.25) is 0 Å². The number of rotatable bonds is 10. The molecule has 11 nitrogen and oxygen atoms in total. The van der Waals surface area contributed by atoms with E-state index in [0.29, 0.717) is 30.4 Å². The molecule has 234 valence electrons. The van der Waals surface area contributed by atoms with Crippen LogP contribution in [0.5, 0.6) is 0 Å². The van der Waals surface area contributed by atoms with E-state index in [1.807, 2.05) is 0 Å². The molecular weight excluding hydrogens is 595 g/mol. The number of carbonyl (C=O) groups is 2. The van der Waals surface area contributed by atoms with Crippen LogP contribution in [0, 0.1) is 21.7 Å². The molecule has 4 aromatic rings. The number of nitrogens with zero attached hydrogens (tertiary/aromatic N) is 3. The van der Waals surface area contributed by atoms with Crippen molar-refractivity contribution in [2.45, 2.75) is 31.6 Å². The smallest absolute Gasteiger partial charge is 0.475 e. The van der Waals surface area contributed by atoms with Crippen LogP contribution in [0.2, 0.25) is 0 Å². The molecule has 1 heterocycles. The fraction of sp³-hybridized carbons (Fsp3) is 0.250. The van der Waals surface area contributed by atoms with Crippen molar-refractivity contribution in [1.29, 1.82) is 0 Å². The fourth-order valence-corrected chi connectivity index (χ4v) is 4.03. The minimum atomic E-state index is -5.08. The lowest BCUT2D eigenvalue weighted by atomic mass is 10.1. The predicted octanol–water partition coefficient (Wildman–Crippen LogP) is 4.37. The number of aromatic nitrogens is 2. The van der Waals surface area contributed by atoms with Gasteiger partial charge in [0.05, 0.1) is 22.5 Å². The highest BCUT2D eigenvalue weighted by molar-refractivity contribution is 5.95. The number of non-ortho nitro benzene ring substituents is 1. The standard InChI is InChI=1S/C26H26F2N6O3.C2HF3O2/c27-19-6-3-16(4-7-19)17-5-10-23-24(13-17)33(15-18-12-21(34(36)37)8-9-22(18)28)25(32-23)26(35)31-14-20(30)2-1-11-29;3-2(4,5)1(6)7/h3-10,12-13,20H,1-2,11,14-15,29-30H2,(H,31,35);(H,6,7). The Labute approximate surface area is 246 Å². The first kappa shape index (κ1) is 33.5. The predicted molar refractivity (Wildman–Crippen MR) is 150 cm³/mol. The van der Waals surface area contributed by atoms with Crippen LogP contribution in [0.15, 0.2) is 60.7 Å². The molecule has 0 fully saturated rings. The van der Waals surface area contributed by atoms with Crippen molar-refractivity contribution in [2.24, 2.45) is 11.5 Å². The maximum Gasteiger partial charge on any atom is 0.490 e. The summed E-state index contributed by atoms with van der Waals surface area (Å²) in [5.74, 6) is -4.30. The van der Waals surface area contributed by atoms with Gasteiger partial charge in [-0.05, 0) is 60.8 Å². The Morgan fingerprint density at radius 1 is 1.05 bits per heavy atom. The van der Waals surface area contributed by atoms with Crippen LogP contribution >= 0.6 is 0 Å². The summed E-state index contributed by atoms with van der Waals surface area (Å²) in [6.45, 7) is 0.496. The summed E-state index contributed by atoms with van der Waals surface area (Å²) in [5, 5.41) is 21.1. The van der Waals surface area contributed by atoms with E-state index in [4.69, 9.17) is 21.4 Å². The van der Waals surface area contributed by atoms with E-state index in [1.54, 1.807) is 30.3 Å². The molecule has 1 aromatic heterocycles. The molecule has 0 saturated heterocycles. The quantitative estimate of drug-likeness (QED) is 0.114. The second-order valence-corrected chi connectivity index (χ2v) is 9.47. The van der Waals surface area contributed by atoms with Crippen LogP contribution in [0.25, 0.3) is 22.2 Å². The number of aliphatic carboxylic acids is 1. The van der Waals surface area contributed by atoms with Crippen LogP contribution in [-0.2, 0) is 11.3 Å². The van der Waals surface area contributed by atoms with E-state index < -0.39 is 28.8 Å². The van der Waals surface area contributed by atoms with Gasteiger partial charge in [0, 0.05) is 30.3 Å². The minimum absolute atomic E-state index is 0.00295. The average molecular weight is 623 g/mol. The highest BCUT2D eigenvalue weighted by Crippen LogP contribution is 2.27. The zero-order valence-electron chi connectivity index (χ0n) is 22.9. The Morgan fingerprint density at radius 3 is 2.27 bits per heavy atom. The number of carboxylic acids is 1. The van der Waals surface area contributed by atoms with Gasteiger partial charge < -0.3 is 26.5 Å². The van der Waals surface area contributed by atoms with Crippen molar-refractivity contribution < 1.29 is 41.6 Å². The lowest BCUT2D eigenvalue weighted by molar-refractivity contribution is -0.385. The number of carboxylic acid groups (broad SMARTS) is 1. The number of hydrogen-bond donors (Lipinski definition) is 4. The summed E-state index contributed by atoms with van der Waals surface area (Å²) in [6.07, 6.45) is -3.74. The van der Waals surface area contributed by atoms with Crippen LogP contribution < -0.4 is 16.8 Å². The Morgan fingerprint density at radius 2 is 1.68 bits per heavy atom. The summed E-state index contributed by atoms with van der Waals surface area (Å²) in [5.41, 5.74) is 13.7. The van der Waals surface area contributed by atoms with Gasteiger partial charge in [-0.15, -0.1) is 0 Å². The lowest BCUT2D eigenvalue weighted by Gasteiger charge is -2.14. The summed E-state index contributed by atoms with van der Waals surface area (Å²) >= 11 is 0. The molecule has 1 atom stereocenters. The third-order valence-electron chi connectivity index (χ3n) is 6.24. The van der Waals surface area contributed by atoms with Crippen molar-refractivity contribution in [3.63, 3.8) is 0 Å². The molecule has 1 amide bonds. The largest absolute Gasteiger partial charge is 0.490 e. The zero-order chi connectivity index (χ0) is 32.6. The molecule has 0 saturated carbocycles. The number of alkyl halides is 3. The highest BCUT2D eigenvalue weighted by atomic mass is 19.4. The number of amides is 1. The Bertz CT molecular complexity index is 1640. The molecule has 0 radical (unpaired) electrons. The number of fused-ring (bicyclic) bond motifs is 1. The van der Waals surface area contributed by atoms with Crippen molar-refractivity contribution in [3.8, 4) is 11.1 Å². The number of nitro groups is 1. The first-order chi connectivity index (χ1) is 20.7. The number of nitrogens with two attached hydrogens (primary N) is 2. The highest BCUT2D eigenvalue weighted by Gasteiger charge is 2.38. The van der Waals surface area contributed by atoms with Gasteiger partial charge in [-0.25, -0.2) is 18.6 Å². The summed E-state index contributed by atoms with van der Waals surface area (Å²) in [6, 6.07) is 14.1. The van der Waals surface area contributed by atoms with E-state index >= 15 is 0 Å². The topological polar surface area (TPSA) is 179 Å². The molecule has 16 heteroatoms. The molecule has 3 aromatic carbocycles. The summed E-state index contributed by atoms with van der Waals surface area (Å²) in [7, 11) is 0. The summed E-state index contributed by atoms with van der Waals surface area (Å²) < 4.78 is 61.4. The van der Waals surface area contributed by atoms with Gasteiger partial charge in [-0.2, -0.15) is 13.2 Å². The molecule has 44 heavy (non-hydrogen) atoms. The monoisotopic (exact) mass is 622 g/mol. The van der Waals surface area contributed by atoms with Crippen molar-refractivity contribution in [3.05, 3.63) is 93.8 Å². The van der Waals surface area contributed by atoms with Gasteiger partial charge in [0.25, 0.3) is 11.6 Å². The average Bonchev–Trinajstić information content (AvgIpc) is 3.33. The fourth-order valence-electron chi connectivity index (χ4n) is 4.03. The van der Waals surface area contributed by atoms with Gasteiger partial charge in [-0.1, -0.05) is 18.2 Å². The van der Waals surface area contributed by atoms with Gasteiger partial charge in [0.15, 0.2) is 5.82 Å². The zero-order valence-corrected chi connectivity index (χ0v) is 22.9. The number of nitro benzene ring substituents is 1. The molecule has 4 rings (SSSR count). The molecule has 0 bridgehead atoms. The third kappa shape index (κ3) is 8.78. The van der Waals surface area contributed by atoms with E-state index in [0.717, 1.165) is 29.3 Å². The van der Waals surface area contributed by atoms with Crippen LogP contribution in [0.4, 0.5) is 27.6 Å². The number of hydrogen-bond acceptors (Lipinski definition) is 7. The molecule has 0 aliphatic carbocycles. The van der Waals surface area contributed by atoms with E-state index in [-0.39, 0.29) is 42.0 Å². The molecule has 0 aliphatic rings. The first-order valence-electron chi connectivity index (χ1n) is 12.9. The van der Waals surface area contributed by atoms with E-state index in [1.165, 1.54) is 16.7 Å². The normalized spacial score (nSPS) is 11.9. The molecular formula is C28H27F5N6O5. The number of imidazole rings is 1. The first-order valence-corrected chi connectivity index (χ1v) is 12.9. The van der Waals surface area contributed by atoms with Crippen LogP contribution in [0.1, 0.15) is 29.0 Å². The molecule has 6 N–H and O–H groups in total. The minimum Gasteiger partial charge on any atom is -0.475 e. The second-order valence-electron chi connectivity index (χ2n) is 9.47. The van der Waals surface area contributed by atoms with Crippen LogP contribution in [0.3, 0.4) is 0 Å². The van der Waals surface area contributed by atoms with Gasteiger partial charge in [0.1, 0.15) is 11.6 Å².